The maximum absolute atomic E-state index is 5.76. The number of anilines is 1. The molecule has 0 bridgehead atoms. The molecule has 0 saturated carbocycles. The minimum absolute atomic E-state index is 0.416. The fourth-order valence-corrected chi connectivity index (χ4v) is 1.71. The molecule has 0 spiro atoms. The Morgan fingerprint density at radius 1 is 1.11 bits per heavy atom. The van der Waals surface area contributed by atoms with Gasteiger partial charge in [0.15, 0.2) is 11.5 Å². The Bertz CT molecular complexity index is 529. The lowest BCUT2D eigenvalue weighted by Crippen LogP contribution is -2.01. The summed E-state index contributed by atoms with van der Waals surface area (Å²) >= 11 is 0. The molecule has 1 aromatic heterocycles. The summed E-state index contributed by atoms with van der Waals surface area (Å²) in [4.78, 5) is 4.27. The summed E-state index contributed by atoms with van der Waals surface area (Å²) in [6.07, 6.45) is 1.76. The van der Waals surface area contributed by atoms with Crippen molar-refractivity contribution in [2.75, 3.05) is 19.0 Å². The van der Waals surface area contributed by atoms with Gasteiger partial charge in [-0.15, -0.1) is 0 Å². The molecule has 1 N–H and O–H groups in total. The Morgan fingerprint density at radius 2 is 1.84 bits per heavy atom. The monoisotopic (exact) mass is 258 g/mol. The summed E-state index contributed by atoms with van der Waals surface area (Å²) in [5.41, 5.74) is 1.89. The normalized spacial score (nSPS) is 10.0. The van der Waals surface area contributed by atoms with E-state index >= 15 is 0 Å². The van der Waals surface area contributed by atoms with Crippen molar-refractivity contribution < 1.29 is 9.47 Å². The number of ether oxygens (including phenoxy) is 2. The zero-order chi connectivity index (χ0) is 13.5. The topological polar surface area (TPSA) is 43.4 Å². The van der Waals surface area contributed by atoms with Gasteiger partial charge in [-0.1, -0.05) is 12.1 Å². The molecule has 0 saturated heterocycles. The predicted molar refractivity (Wildman–Crippen MR) is 75.7 cm³/mol. The molecule has 0 amide bonds. The molecular weight excluding hydrogens is 240 g/mol. The van der Waals surface area contributed by atoms with Crippen molar-refractivity contribution in [3.05, 3.63) is 48.3 Å². The summed E-state index contributed by atoms with van der Waals surface area (Å²) in [6, 6.07) is 11.5. The van der Waals surface area contributed by atoms with Gasteiger partial charge in [-0.05, 0) is 31.2 Å². The van der Waals surface area contributed by atoms with E-state index < -0.39 is 0 Å². The summed E-state index contributed by atoms with van der Waals surface area (Å²) in [5, 5.41) is 3.08. The van der Waals surface area contributed by atoms with Gasteiger partial charge in [0.05, 0.1) is 12.3 Å². The van der Waals surface area contributed by atoms with Crippen molar-refractivity contribution in [3.63, 3.8) is 0 Å². The van der Waals surface area contributed by atoms with Gasteiger partial charge in [0.2, 0.25) is 0 Å². The standard InChI is InChI=1S/C15H18N2O2/c1-3-18-14-6-4-5-7-15(14)19-11-13-10-12(16-2)8-9-17-13/h4-10H,3,11H2,1-2H3,(H,16,17). The number of hydrogen-bond acceptors (Lipinski definition) is 4. The lowest BCUT2D eigenvalue weighted by molar-refractivity contribution is 0.266. The van der Waals surface area contributed by atoms with Crippen molar-refractivity contribution in [1.29, 1.82) is 0 Å². The second kappa shape index (κ2) is 6.64. The third kappa shape index (κ3) is 3.61. The highest BCUT2D eigenvalue weighted by Crippen LogP contribution is 2.27. The second-order valence-electron chi connectivity index (χ2n) is 3.95. The van der Waals surface area contributed by atoms with Crippen LogP contribution in [0.25, 0.3) is 0 Å². The molecule has 2 rings (SSSR count). The maximum Gasteiger partial charge on any atom is 0.161 e. The molecule has 100 valence electrons. The molecule has 0 aliphatic heterocycles. The van der Waals surface area contributed by atoms with E-state index in [1.165, 1.54) is 0 Å². The van der Waals surface area contributed by atoms with Gasteiger partial charge in [-0.3, -0.25) is 4.98 Å². The zero-order valence-corrected chi connectivity index (χ0v) is 11.2. The highest BCUT2D eigenvalue weighted by atomic mass is 16.5. The van der Waals surface area contributed by atoms with Crippen LogP contribution >= 0.6 is 0 Å². The largest absolute Gasteiger partial charge is 0.490 e. The Morgan fingerprint density at radius 3 is 2.53 bits per heavy atom. The van der Waals surface area contributed by atoms with Crippen LogP contribution in [0.3, 0.4) is 0 Å². The van der Waals surface area contributed by atoms with Crippen molar-refractivity contribution in [2.45, 2.75) is 13.5 Å². The molecule has 4 nitrogen and oxygen atoms in total. The van der Waals surface area contributed by atoms with Crippen LogP contribution in [0, 0.1) is 0 Å². The summed E-state index contributed by atoms with van der Waals surface area (Å²) in [7, 11) is 1.88. The molecule has 0 radical (unpaired) electrons. The molecule has 0 aliphatic rings. The lowest BCUT2D eigenvalue weighted by Gasteiger charge is -2.11. The van der Waals surface area contributed by atoms with E-state index in [1.807, 2.05) is 50.4 Å². The van der Waals surface area contributed by atoms with Gasteiger partial charge in [0, 0.05) is 18.9 Å². The summed E-state index contributed by atoms with van der Waals surface area (Å²) in [6.45, 7) is 2.99. The van der Waals surface area contributed by atoms with Crippen molar-refractivity contribution >= 4 is 5.69 Å². The van der Waals surface area contributed by atoms with Crippen LogP contribution in [0.1, 0.15) is 12.6 Å². The van der Waals surface area contributed by atoms with Crippen LogP contribution in [0.2, 0.25) is 0 Å². The van der Waals surface area contributed by atoms with Crippen molar-refractivity contribution in [2.24, 2.45) is 0 Å². The first-order chi connectivity index (χ1) is 9.33. The molecule has 0 aliphatic carbocycles. The number of para-hydroxylation sites is 2. The van der Waals surface area contributed by atoms with Gasteiger partial charge in [0.1, 0.15) is 6.61 Å². The van der Waals surface area contributed by atoms with E-state index in [4.69, 9.17) is 9.47 Å². The minimum Gasteiger partial charge on any atom is -0.490 e. The highest BCUT2D eigenvalue weighted by molar-refractivity contribution is 5.43. The molecule has 1 heterocycles. The molecule has 0 fully saturated rings. The first kappa shape index (κ1) is 13.2. The molecule has 19 heavy (non-hydrogen) atoms. The molecule has 1 aromatic carbocycles. The zero-order valence-electron chi connectivity index (χ0n) is 11.2. The fraction of sp³-hybridized carbons (Fsp3) is 0.267. The maximum atomic E-state index is 5.76. The molecule has 2 aromatic rings. The second-order valence-corrected chi connectivity index (χ2v) is 3.95. The smallest absolute Gasteiger partial charge is 0.161 e. The third-order valence-electron chi connectivity index (χ3n) is 2.63. The molecule has 0 unspecified atom stereocenters. The Balaban J connectivity index is 2.05. The van der Waals surface area contributed by atoms with E-state index in [2.05, 4.69) is 10.3 Å². The van der Waals surface area contributed by atoms with Crippen LogP contribution < -0.4 is 14.8 Å². The Kier molecular flexibility index (Phi) is 4.61. The number of nitrogens with zero attached hydrogens (tertiary/aromatic N) is 1. The van der Waals surface area contributed by atoms with Crippen molar-refractivity contribution in [3.8, 4) is 11.5 Å². The van der Waals surface area contributed by atoms with E-state index in [1.54, 1.807) is 6.20 Å². The van der Waals surface area contributed by atoms with Gasteiger partial charge >= 0.3 is 0 Å². The van der Waals surface area contributed by atoms with Gasteiger partial charge in [-0.2, -0.15) is 0 Å². The van der Waals surface area contributed by atoms with Gasteiger partial charge < -0.3 is 14.8 Å². The van der Waals surface area contributed by atoms with Gasteiger partial charge in [0.25, 0.3) is 0 Å². The number of rotatable bonds is 6. The average Bonchev–Trinajstić information content (AvgIpc) is 2.47. The van der Waals surface area contributed by atoms with E-state index in [9.17, 15) is 0 Å². The first-order valence-electron chi connectivity index (χ1n) is 6.30. The summed E-state index contributed by atoms with van der Waals surface area (Å²) < 4.78 is 11.3. The van der Waals surface area contributed by atoms with Crippen LogP contribution in [-0.4, -0.2) is 18.6 Å². The lowest BCUT2D eigenvalue weighted by atomic mass is 10.3. The highest BCUT2D eigenvalue weighted by Gasteiger charge is 2.04. The average molecular weight is 258 g/mol. The van der Waals surface area contributed by atoms with Crippen LogP contribution in [0.5, 0.6) is 11.5 Å². The molecule has 0 atom stereocenters. The van der Waals surface area contributed by atoms with Crippen LogP contribution in [0.4, 0.5) is 5.69 Å². The van der Waals surface area contributed by atoms with E-state index in [-0.39, 0.29) is 0 Å². The van der Waals surface area contributed by atoms with Crippen molar-refractivity contribution in [1.82, 2.24) is 4.98 Å². The predicted octanol–water partition coefficient (Wildman–Crippen LogP) is 3.10. The summed E-state index contributed by atoms with van der Waals surface area (Å²) in [5.74, 6) is 1.50. The fourth-order valence-electron chi connectivity index (χ4n) is 1.71. The molecular formula is C15H18N2O2. The Hall–Kier alpha value is -2.23. The first-order valence-corrected chi connectivity index (χ1v) is 6.30. The number of aromatic nitrogens is 1. The van der Waals surface area contributed by atoms with Crippen LogP contribution in [0.15, 0.2) is 42.6 Å². The molecule has 4 heteroatoms. The quantitative estimate of drug-likeness (QED) is 0.864. The third-order valence-corrected chi connectivity index (χ3v) is 2.63. The Labute approximate surface area is 113 Å². The number of pyridine rings is 1. The van der Waals surface area contributed by atoms with Gasteiger partial charge in [-0.25, -0.2) is 0 Å². The minimum atomic E-state index is 0.416. The van der Waals surface area contributed by atoms with E-state index in [0.717, 1.165) is 22.9 Å². The number of hydrogen-bond donors (Lipinski definition) is 1. The SMILES string of the molecule is CCOc1ccccc1OCc1cc(NC)ccn1. The number of nitrogens with one attached hydrogen (secondary N) is 1. The van der Waals surface area contributed by atoms with Crippen LogP contribution in [-0.2, 0) is 6.61 Å². The number of benzene rings is 1. The van der Waals surface area contributed by atoms with E-state index in [0.29, 0.717) is 13.2 Å².